The zero-order valence-corrected chi connectivity index (χ0v) is 13.9. The van der Waals surface area contributed by atoms with Crippen molar-refractivity contribution >= 4 is 23.6 Å². The third kappa shape index (κ3) is 4.65. The van der Waals surface area contributed by atoms with E-state index in [-0.39, 0.29) is 6.41 Å². The highest BCUT2D eigenvalue weighted by molar-refractivity contribution is 7.91. The van der Waals surface area contributed by atoms with E-state index in [1.165, 1.54) is 0 Å². The molecule has 0 aromatic heterocycles. The predicted molar refractivity (Wildman–Crippen MR) is 81.6 cm³/mol. The van der Waals surface area contributed by atoms with E-state index >= 15 is 0 Å². The molecule has 23 heavy (non-hydrogen) atoms. The second-order valence-corrected chi connectivity index (χ2v) is 6.80. The molecule has 1 aromatic carbocycles. The number of carbonyl (C=O) groups is 2. The summed E-state index contributed by atoms with van der Waals surface area (Å²) < 4.78 is 44.1. The SMILES string of the molecule is COC(=O)[C@@H](NC=O)[C@@](C)(C[S@+]([O-])c1ccc(C)cc1)C(F)F. The zero-order valence-electron chi connectivity index (χ0n) is 13.0. The quantitative estimate of drug-likeness (QED) is 0.441. The van der Waals surface area contributed by atoms with E-state index in [4.69, 9.17) is 0 Å². The highest BCUT2D eigenvalue weighted by atomic mass is 32.2. The lowest BCUT2D eigenvalue weighted by atomic mass is 9.84. The molecule has 1 aromatic rings. The Labute approximate surface area is 136 Å². The Balaban J connectivity index is 3.09. The van der Waals surface area contributed by atoms with Crippen LogP contribution in [0.15, 0.2) is 29.2 Å². The molecule has 128 valence electrons. The largest absolute Gasteiger partial charge is 0.611 e. The van der Waals surface area contributed by atoms with Crippen molar-refractivity contribution in [1.82, 2.24) is 5.32 Å². The molecule has 0 aliphatic carbocycles. The number of methoxy groups -OCH3 is 1. The second kappa shape index (κ2) is 8.26. The monoisotopic (exact) mass is 347 g/mol. The number of benzene rings is 1. The number of alkyl halides is 2. The molecular weight excluding hydrogens is 328 g/mol. The molecule has 0 aliphatic rings. The first-order valence-electron chi connectivity index (χ1n) is 6.77. The van der Waals surface area contributed by atoms with Crippen LogP contribution in [0.1, 0.15) is 12.5 Å². The summed E-state index contributed by atoms with van der Waals surface area (Å²) in [5.74, 6) is -1.52. The maximum absolute atomic E-state index is 13.6. The summed E-state index contributed by atoms with van der Waals surface area (Å²) in [6.07, 6.45) is -2.84. The van der Waals surface area contributed by atoms with Gasteiger partial charge in [0.25, 0.3) is 6.43 Å². The summed E-state index contributed by atoms with van der Waals surface area (Å²) >= 11 is -1.77. The van der Waals surface area contributed by atoms with Crippen LogP contribution >= 0.6 is 0 Å². The van der Waals surface area contributed by atoms with Gasteiger partial charge in [-0.15, -0.1) is 0 Å². The highest BCUT2D eigenvalue weighted by Gasteiger charge is 2.51. The van der Waals surface area contributed by atoms with Crippen LogP contribution in [0.2, 0.25) is 0 Å². The van der Waals surface area contributed by atoms with E-state index in [9.17, 15) is 22.9 Å². The smallest absolute Gasteiger partial charge is 0.329 e. The van der Waals surface area contributed by atoms with Gasteiger partial charge in [0, 0.05) is 0 Å². The van der Waals surface area contributed by atoms with Gasteiger partial charge in [-0.2, -0.15) is 0 Å². The summed E-state index contributed by atoms with van der Waals surface area (Å²) in [5, 5.41) is 2.05. The average Bonchev–Trinajstić information content (AvgIpc) is 2.52. The summed E-state index contributed by atoms with van der Waals surface area (Å²) in [5.41, 5.74) is -1.10. The van der Waals surface area contributed by atoms with Gasteiger partial charge in [0.2, 0.25) is 6.41 Å². The first-order chi connectivity index (χ1) is 10.8. The van der Waals surface area contributed by atoms with Crippen molar-refractivity contribution in [2.75, 3.05) is 12.9 Å². The number of hydrogen-bond acceptors (Lipinski definition) is 4. The van der Waals surface area contributed by atoms with Crippen molar-refractivity contribution in [3.05, 3.63) is 29.8 Å². The third-order valence-corrected chi connectivity index (χ3v) is 5.24. The Morgan fingerprint density at radius 1 is 1.43 bits per heavy atom. The average molecular weight is 347 g/mol. The van der Waals surface area contributed by atoms with Crippen LogP contribution < -0.4 is 5.32 Å². The van der Waals surface area contributed by atoms with Crippen molar-refractivity contribution in [2.45, 2.75) is 31.2 Å². The summed E-state index contributed by atoms with van der Waals surface area (Å²) in [7, 11) is 1.03. The van der Waals surface area contributed by atoms with E-state index in [1.54, 1.807) is 24.3 Å². The van der Waals surface area contributed by atoms with Gasteiger partial charge in [-0.25, -0.2) is 13.6 Å². The Hall–Kier alpha value is -1.67. The molecule has 0 saturated heterocycles. The lowest BCUT2D eigenvalue weighted by Gasteiger charge is -2.34. The van der Waals surface area contributed by atoms with Crippen LogP contribution in [0, 0.1) is 12.3 Å². The molecule has 0 bridgehead atoms. The standard InChI is InChI=1S/C15H19F2NO4S/c1-10-4-6-11(7-5-10)23(21)8-15(2,14(16)17)12(18-9-19)13(20)22-3/h4-7,9,12,14H,8H2,1-3H3,(H,18,19)/t12-,15-,23+/m1/s1. The van der Waals surface area contributed by atoms with Crippen LogP contribution in [0.5, 0.6) is 0 Å². The number of ether oxygens (including phenoxy) is 1. The first kappa shape index (κ1) is 19.4. The molecule has 0 unspecified atom stereocenters. The molecular formula is C15H19F2NO4S. The molecule has 5 nitrogen and oxygen atoms in total. The molecule has 0 fully saturated rings. The molecule has 0 radical (unpaired) electrons. The van der Waals surface area contributed by atoms with E-state index in [0.29, 0.717) is 4.90 Å². The van der Waals surface area contributed by atoms with E-state index in [2.05, 4.69) is 10.1 Å². The van der Waals surface area contributed by atoms with Crippen molar-refractivity contribution in [3.63, 3.8) is 0 Å². The molecule has 0 aliphatic heterocycles. The maximum Gasteiger partial charge on any atom is 0.329 e. The van der Waals surface area contributed by atoms with Crippen LogP contribution in [0.25, 0.3) is 0 Å². The normalized spacial score (nSPS) is 16.3. The van der Waals surface area contributed by atoms with E-state index < -0.39 is 40.8 Å². The minimum atomic E-state index is -2.99. The molecule has 0 saturated carbocycles. The van der Waals surface area contributed by atoms with Gasteiger partial charge < -0.3 is 14.6 Å². The zero-order chi connectivity index (χ0) is 17.6. The van der Waals surface area contributed by atoms with Gasteiger partial charge in [-0.05, 0) is 37.2 Å². The predicted octanol–water partition coefficient (Wildman–Crippen LogP) is 1.66. The Morgan fingerprint density at radius 2 is 2.00 bits per heavy atom. The minimum absolute atomic E-state index is 0.150. The second-order valence-electron chi connectivity index (χ2n) is 5.35. The molecule has 1 rings (SSSR count). The van der Waals surface area contributed by atoms with Gasteiger partial charge in [-0.1, -0.05) is 17.7 Å². The number of halogens is 2. The number of rotatable bonds is 8. The summed E-state index contributed by atoms with van der Waals surface area (Å²) in [6, 6.07) is 5.00. The fourth-order valence-corrected chi connectivity index (χ4v) is 3.51. The molecule has 1 N–H and O–H groups in total. The highest BCUT2D eigenvalue weighted by Crippen LogP contribution is 2.34. The van der Waals surface area contributed by atoms with Gasteiger partial charge >= 0.3 is 5.97 Å². The number of nitrogens with one attached hydrogen (secondary N) is 1. The maximum atomic E-state index is 13.6. The molecule has 1 amide bonds. The number of amides is 1. The van der Waals surface area contributed by atoms with Crippen molar-refractivity contribution < 1.29 is 27.7 Å². The number of carbonyl (C=O) groups excluding carboxylic acids is 2. The van der Waals surface area contributed by atoms with Crippen molar-refractivity contribution in [1.29, 1.82) is 0 Å². The van der Waals surface area contributed by atoms with Gasteiger partial charge in [0.15, 0.2) is 4.90 Å². The molecule has 0 spiro atoms. The Kier molecular flexibility index (Phi) is 6.96. The van der Waals surface area contributed by atoms with Gasteiger partial charge in [0.1, 0.15) is 17.2 Å². The van der Waals surface area contributed by atoms with E-state index in [0.717, 1.165) is 19.6 Å². The minimum Gasteiger partial charge on any atom is -0.611 e. The number of esters is 1. The molecule has 0 heterocycles. The summed E-state index contributed by atoms with van der Waals surface area (Å²) in [6.45, 7) is 2.94. The third-order valence-electron chi connectivity index (χ3n) is 3.56. The van der Waals surface area contributed by atoms with Crippen LogP contribution in [0.3, 0.4) is 0 Å². The van der Waals surface area contributed by atoms with Crippen molar-refractivity contribution in [3.8, 4) is 0 Å². The van der Waals surface area contributed by atoms with Gasteiger partial charge in [0.05, 0.1) is 7.11 Å². The van der Waals surface area contributed by atoms with Gasteiger partial charge in [-0.3, -0.25) is 4.79 Å². The molecule has 3 atom stereocenters. The Morgan fingerprint density at radius 3 is 2.43 bits per heavy atom. The lowest BCUT2D eigenvalue weighted by molar-refractivity contribution is -0.151. The van der Waals surface area contributed by atoms with Crippen LogP contribution in [0.4, 0.5) is 8.78 Å². The van der Waals surface area contributed by atoms with Crippen LogP contribution in [-0.4, -0.2) is 42.3 Å². The number of aryl methyl sites for hydroxylation is 1. The van der Waals surface area contributed by atoms with Crippen molar-refractivity contribution in [2.24, 2.45) is 5.41 Å². The van der Waals surface area contributed by atoms with E-state index in [1.807, 2.05) is 6.92 Å². The van der Waals surface area contributed by atoms with Crippen LogP contribution in [-0.2, 0) is 25.5 Å². The fraction of sp³-hybridized carbons (Fsp3) is 0.467. The molecule has 8 heteroatoms. The first-order valence-corrected chi connectivity index (χ1v) is 8.09. The topological polar surface area (TPSA) is 78.5 Å². The number of hydrogen-bond donors (Lipinski definition) is 1. The lowest BCUT2D eigenvalue weighted by Crippen LogP contribution is -2.55. The summed E-state index contributed by atoms with van der Waals surface area (Å²) in [4.78, 5) is 22.8. The fourth-order valence-electron chi connectivity index (χ4n) is 2.04. The Bertz CT molecular complexity index is 541.